The molecule has 0 atom stereocenters. The molecule has 1 aromatic carbocycles. The number of allylic oxidation sites excluding steroid dienone is 1. The van der Waals surface area contributed by atoms with Gasteiger partial charge in [0.25, 0.3) is 0 Å². The molecule has 0 spiro atoms. The van der Waals surface area contributed by atoms with Crippen molar-refractivity contribution in [1.82, 2.24) is 0 Å². The van der Waals surface area contributed by atoms with Crippen molar-refractivity contribution in [1.29, 1.82) is 5.26 Å². The van der Waals surface area contributed by atoms with E-state index in [9.17, 15) is 0 Å². The Balaban J connectivity index is 2.96. The Morgan fingerprint density at radius 2 is 2.00 bits per heavy atom. The Bertz CT molecular complexity index is 295. The summed E-state index contributed by atoms with van der Waals surface area (Å²) in [5.74, 6) is 0. The number of rotatable bonds is 1. The van der Waals surface area contributed by atoms with Gasteiger partial charge in [0, 0.05) is 11.0 Å². The minimum Gasteiger partial charge on any atom is -0.193 e. The minimum atomic E-state index is 0.702. The van der Waals surface area contributed by atoms with Crippen molar-refractivity contribution in [3.63, 3.8) is 0 Å². The van der Waals surface area contributed by atoms with E-state index in [1.165, 1.54) is 6.08 Å². The summed E-state index contributed by atoms with van der Waals surface area (Å²) < 4.78 is 0. The first-order valence-electron chi connectivity index (χ1n) is 3.19. The van der Waals surface area contributed by atoms with Gasteiger partial charge in [0.05, 0.1) is 6.07 Å². The smallest absolute Gasteiger partial charge is 0.0923 e. The largest absolute Gasteiger partial charge is 0.193 e. The van der Waals surface area contributed by atoms with Crippen LogP contribution in [-0.2, 0) is 0 Å². The van der Waals surface area contributed by atoms with Crippen molar-refractivity contribution in [2.45, 2.75) is 0 Å². The molecule has 1 aromatic rings. The summed E-state index contributed by atoms with van der Waals surface area (Å²) in [5.41, 5.74) is 0.970. The molecule has 0 bridgehead atoms. The second-order valence-corrected chi connectivity index (χ2v) is 2.51. The first-order valence-corrected chi connectivity index (χ1v) is 3.63. The van der Waals surface area contributed by atoms with Crippen LogP contribution in [0.1, 0.15) is 5.56 Å². The van der Waals surface area contributed by atoms with Gasteiger partial charge in [0.15, 0.2) is 0 Å². The lowest BCUT2D eigenvalue weighted by molar-refractivity contribution is 1.53. The number of benzene rings is 1. The molecule has 0 aromatic heterocycles. The molecule has 0 unspecified atom stereocenters. The molecule has 0 aliphatic carbocycles. The highest BCUT2D eigenvalue weighted by molar-refractivity contribution is 7.90. The molecule has 0 aliphatic heterocycles. The van der Waals surface area contributed by atoms with E-state index in [2.05, 4.69) is 12.6 Å². The van der Waals surface area contributed by atoms with E-state index in [0.717, 1.165) is 5.56 Å². The lowest BCUT2D eigenvalue weighted by atomic mass is 10.2. The third kappa shape index (κ3) is 2.14. The third-order valence-corrected chi connectivity index (χ3v) is 1.66. The maximum absolute atomic E-state index is 8.32. The number of thiol groups is 1. The first kappa shape index (κ1) is 7.90. The predicted molar refractivity (Wildman–Crippen MR) is 49.0 cm³/mol. The molecular weight excluding hydrogens is 154 g/mol. The lowest BCUT2D eigenvalue weighted by Gasteiger charge is -1.95. The molecule has 0 N–H and O–H groups in total. The molecule has 0 saturated carbocycles. The number of hydrogen-bond donors (Lipinski definition) is 1. The zero-order chi connectivity index (χ0) is 8.10. The molecule has 0 aliphatic rings. The van der Waals surface area contributed by atoms with Gasteiger partial charge in [-0.3, -0.25) is 0 Å². The first-order chi connectivity index (χ1) is 5.34. The van der Waals surface area contributed by atoms with Gasteiger partial charge in [0.1, 0.15) is 0 Å². The maximum atomic E-state index is 8.32. The molecular formula is C9H7NS. The monoisotopic (exact) mass is 161 g/mol. The van der Waals surface area contributed by atoms with Crippen LogP contribution in [0, 0.1) is 11.3 Å². The van der Waals surface area contributed by atoms with Crippen LogP contribution < -0.4 is 0 Å². The molecule has 0 saturated heterocycles. The average Bonchev–Trinajstić information content (AvgIpc) is 2.07. The van der Waals surface area contributed by atoms with Crippen LogP contribution in [0.4, 0.5) is 0 Å². The van der Waals surface area contributed by atoms with E-state index in [1.54, 1.807) is 0 Å². The summed E-state index contributed by atoms with van der Waals surface area (Å²) in [6, 6.07) is 11.5. The van der Waals surface area contributed by atoms with Crippen molar-refractivity contribution in [2.24, 2.45) is 0 Å². The number of nitriles is 1. The van der Waals surface area contributed by atoms with Crippen molar-refractivity contribution in [3.05, 3.63) is 42.0 Å². The standard InChI is InChI=1S/C9H7NS/c10-7-6-9(11)8-4-2-1-3-5-8/h1-6,11H/b9-6-. The van der Waals surface area contributed by atoms with Crippen molar-refractivity contribution >= 4 is 17.5 Å². The fourth-order valence-electron chi connectivity index (χ4n) is 0.753. The van der Waals surface area contributed by atoms with Crippen molar-refractivity contribution in [3.8, 4) is 6.07 Å². The Kier molecular flexibility index (Phi) is 2.76. The van der Waals surface area contributed by atoms with Gasteiger partial charge in [-0.05, 0) is 5.56 Å². The second-order valence-electron chi connectivity index (χ2n) is 2.02. The zero-order valence-corrected chi connectivity index (χ0v) is 6.75. The molecule has 2 heteroatoms. The Hall–Kier alpha value is -1.20. The SMILES string of the molecule is N#C/C=C(\S)c1ccccc1. The molecule has 0 radical (unpaired) electrons. The van der Waals surface area contributed by atoms with Gasteiger partial charge in [-0.25, -0.2) is 0 Å². The number of hydrogen-bond acceptors (Lipinski definition) is 2. The highest BCUT2D eigenvalue weighted by atomic mass is 32.1. The van der Waals surface area contributed by atoms with E-state index < -0.39 is 0 Å². The molecule has 0 heterocycles. The Morgan fingerprint density at radius 3 is 2.55 bits per heavy atom. The highest BCUT2D eigenvalue weighted by Crippen LogP contribution is 2.16. The van der Waals surface area contributed by atoms with Crippen LogP contribution in [0.2, 0.25) is 0 Å². The lowest BCUT2D eigenvalue weighted by Crippen LogP contribution is -1.73. The van der Waals surface area contributed by atoms with Gasteiger partial charge in [-0.15, -0.1) is 12.6 Å². The van der Waals surface area contributed by atoms with Crippen LogP contribution in [0.3, 0.4) is 0 Å². The predicted octanol–water partition coefficient (Wildman–Crippen LogP) is 2.48. The van der Waals surface area contributed by atoms with Crippen molar-refractivity contribution in [2.75, 3.05) is 0 Å². The fourth-order valence-corrected chi connectivity index (χ4v) is 0.960. The molecule has 54 valence electrons. The minimum absolute atomic E-state index is 0.702. The number of nitrogens with zero attached hydrogens (tertiary/aromatic N) is 1. The van der Waals surface area contributed by atoms with Crippen LogP contribution >= 0.6 is 12.6 Å². The van der Waals surface area contributed by atoms with E-state index >= 15 is 0 Å². The molecule has 0 amide bonds. The Labute approximate surface area is 71.4 Å². The summed E-state index contributed by atoms with van der Waals surface area (Å²) in [5, 5.41) is 8.32. The van der Waals surface area contributed by atoms with Gasteiger partial charge in [-0.2, -0.15) is 5.26 Å². The van der Waals surface area contributed by atoms with E-state index in [4.69, 9.17) is 5.26 Å². The molecule has 1 nitrogen and oxygen atoms in total. The van der Waals surface area contributed by atoms with Crippen molar-refractivity contribution < 1.29 is 0 Å². The van der Waals surface area contributed by atoms with E-state index in [-0.39, 0.29) is 0 Å². The molecule has 11 heavy (non-hydrogen) atoms. The summed E-state index contributed by atoms with van der Waals surface area (Å²) in [6.07, 6.45) is 1.42. The summed E-state index contributed by atoms with van der Waals surface area (Å²) in [4.78, 5) is 0.702. The summed E-state index contributed by atoms with van der Waals surface area (Å²) in [7, 11) is 0. The summed E-state index contributed by atoms with van der Waals surface area (Å²) >= 11 is 4.14. The molecule has 0 fully saturated rings. The van der Waals surface area contributed by atoms with Gasteiger partial charge in [0.2, 0.25) is 0 Å². The van der Waals surface area contributed by atoms with E-state index in [0.29, 0.717) is 4.91 Å². The topological polar surface area (TPSA) is 23.8 Å². The average molecular weight is 161 g/mol. The van der Waals surface area contributed by atoms with Gasteiger partial charge >= 0.3 is 0 Å². The van der Waals surface area contributed by atoms with Gasteiger partial charge < -0.3 is 0 Å². The quantitative estimate of drug-likeness (QED) is 0.496. The summed E-state index contributed by atoms with van der Waals surface area (Å²) in [6.45, 7) is 0. The van der Waals surface area contributed by atoms with Crippen LogP contribution in [0.5, 0.6) is 0 Å². The Morgan fingerprint density at radius 1 is 1.36 bits per heavy atom. The van der Waals surface area contributed by atoms with Crippen LogP contribution in [0.25, 0.3) is 4.91 Å². The van der Waals surface area contributed by atoms with Crippen LogP contribution in [-0.4, -0.2) is 0 Å². The maximum Gasteiger partial charge on any atom is 0.0923 e. The second kappa shape index (κ2) is 3.85. The third-order valence-electron chi connectivity index (χ3n) is 1.27. The van der Waals surface area contributed by atoms with Gasteiger partial charge in [-0.1, -0.05) is 30.3 Å². The zero-order valence-electron chi connectivity index (χ0n) is 5.86. The molecule has 1 rings (SSSR count). The fraction of sp³-hybridized carbons (Fsp3) is 0. The highest BCUT2D eigenvalue weighted by Gasteiger charge is 1.91. The van der Waals surface area contributed by atoms with E-state index in [1.807, 2.05) is 36.4 Å². The van der Waals surface area contributed by atoms with Crippen LogP contribution in [0.15, 0.2) is 36.4 Å². The normalized spacial score (nSPS) is 10.7.